The van der Waals surface area contributed by atoms with Gasteiger partial charge in [0.25, 0.3) is 0 Å². The van der Waals surface area contributed by atoms with E-state index in [4.69, 9.17) is 9.47 Å². The minimum absolute atomic E-state index is 0.106. The first-order chi connectivity index (χ1) is 12.6. The Morgan fingerprint density at radius 2 is 1.81 bits per heavy atom. The number of fused-ring (bicyclic) bond motifs is 1. The quantitative estimate of drug-likeness (QED) is 0.633. The Balaban J connectivity index is 1.89. The molecule has 0 bridgehead atoms. The lowest BCUT2D eigenvalue weighted by molar-refractivity contribution is -0.143. The first-order valence-corrected chi connectivity index (χ1v) is 8.24. The van der Waals surface area contributed by atoms with Gasteiger partial charge < -0.3 is 14.0 Å². The smallest absolute Gasteiger partial charge is 0.355 e. The monoisotopic (exact) mass is 355 g/mol. The SMILES string of the molecule is CCOC(=O)Cn1c(C(=O)OCc2ccccc2)cc2cc(F)ccc21. The van der Waals surface area contributed by atoms with Crippen LogP contribution in [0.3, 0.4) is 0 Å². The number of carbonyl (C=O) groups excluding carboxylic acids is 2. The molecule has 0 aliphatic rings. The topological polar surface area (TPSA) is 57.5 Å². The van der Waals surface area contributed by atoms with Crippen LogP contribution in [-0.2, 0) is 27.4 Å². The molecule has 0 unspecified atom stereocenters. The van der Waals surface area contributed by atoms with Crippen molar-refractivity contribution in [3.05, 3.63) is 71.7 Å². The van der Waals surface area contributed by atoms with Gasteiger partial charge in [-0.1, -0.05) is 30.3 Å². The molecule has 26 heavy (non-hydrogen) atoms. The second-order valence-electron chi connectivity index (χ2n) is 5.69. The average Bonchev–Trinajstić information content (AvgIpc) is 2.98. The fourth-order valence-corrected chi connectivity index (χ4v) is 2.71. The summed E-state index contributed by atoms with van der Waals surface area (Å²) in [4.78, 5) is 24.4. The van der Waals surface area contributed by atoms with Gasteiger partial charge in [-0.15, -0.1) is 0 Å². The first kappa shape index (κ1) is 17.7. The number of rotatable bonds is 6. The van der Waals surface area contributed by atoms with Crippen LogP contribution in [0.4, 0.5) is 4.39 Å². The molecule has 0 saturated heterocycles. The Bertz CT molecular complexity index is 934. The molecule has 1 heterocycles. The van der Waals surface area contributed by atoms with Gasteiger partial charge in [0.15, 0.2) is 0 Å². The zero-order chi connectivity index (χ0) is 18.5. The number of carbonyl (C=O) groups is 2. The maximum atomic E-state index is 13.5. The van der Waals surface area contributed by atoms with Crippen molar-refractivity contribution in [1.29, 1.82) is 0 Å². The molecule has 0 spiro atoms. The molecule has 0 amide bonds. The van der Waals surface area contributed by atoms with E-state index in [2.05, 4.69) is 0 Å². The number of hydrogen-bond donors (Lipinski definition) is 0. The molecule has 0 N–H and O–H groups in total. The van der Waals surface area contributed by atoms with Crippen LogP contribution < -0.4 is 0 Å². The molecule has 5 nitrogen and oxygen atoms in total. The number of halogens is 1. The van der Waals surface area contributed by atoms with Crippen LogP contribution in [0, 0.1) is 5.82 Å². The summed E-state index contributed by atoms with van der Waals surface area (Å²) >= 11 is 0. The molecular weight excluding hydrogens is 337 g/mol. The summed E-state index contributed by atoms with van der Waals surface area (Å²) < 4.78 is 25.3. The fourth-order valence-electron chi connectivity index (χ4n) is 2.71. The van der Waals surface area contributed by atoms with Crippen LogP contribution in [0.5, 0.6) is 0 Å². The third-order valence-corrected chi connectivity index (χ3v) is 3.88. The van der Waals surface area contributed by atoms with Crippen LogP contribution in [0.1, 0.15) is 23.0 Å². The molecule has 6 heteroatoms. The molecular formula is C20H18FNO4. The Morgan fingerprint density at radius 1 is 1.04 bits per heavy atom. The predicted molar refractivity (Wildman–Crippen MR) is 94.1 cm³/mol. The molecule has 3 aromatic rings. The van der Waals surface area contributed by atoms with Crippen LogP contribution in [-0.4, -0.2) is 23.1 Å². The normalized spacial score (nSPS) is 10.7. The van der Waals surface area contributed by atoms with E-state index in [9.17, 15) is 14.0 Å². The van der Waals surface area contributed by atoms with Crippen molar-refractivity contribution in [1.82, 2.24) is 4.57 Å². The third kappa shape index (κ3) is 3.91. The summed E-state index contributed by atoms with van der Waals surface area (Å²) in [5, 5.41) is 0.515. The van der Waals surface area contributed by atoms with E-state index in [1.165, 1.54) is 28.8 Å². The lowest BCUT2D eigenvalue weighted by atomic mass is 10.2. The van der Waals surface area contributed by atoms with Crippen LogP contribution in [0.2, 0.25) is 0 Å². The van der Waals surface area contributed by atoms with E-state index in [1.54, 1.807) is 6.92 Å². The molecule has 0 aliphatic heterocycles. The van der Waals surface area contributed by atoms with E-state index < -0.39 is 17.8 Å². The van der Waals surface area contributed by atoms with Crippen LogP contribution >= 0.6 is 0 Å². The number of ether oxygens (including phenoxy) is 2. The van der Waals surface area contributed by atoms with Crippen LogP contribution in [0.25, 0.3) is 10.9 Å². The first-order valence-electron chi connectivity index (χ1n) is 8.24. The molecule has 0 atom stereocenters. The van der Waals surface area contributed by atoms with Gasteiger partial charge >= 0.3 is 11.9 Å². The van der Waals surface area contributed by atoms with E-state index in [0.29, 0.717) is 10.9 Å². The number of hydrogen-bond acceptors (Lipinski definition) is 4. The summed E-state index contributed by atoms with van der Waals surface area (Å²) in [6, 6.07) is 14.9. The lowest BCUT2D eigenvalue weighted by Gasteiger charge is -2.10. The zero-order valence-corrected chi connectivity index (χ0v) is 14.3. The van der Waals surface area contributed by atoms with Gasteiger partial charge in [0.05, 0.1) is 6.61 Å². The summed E-state index contributed by atoms with van der Waals surface area (Å²) in [7, 11) is 0. The zero-order valence-electron chi connectivity index (χ0n) is 14.3. The van der Waals surface area contributed by atoms with Gasteiger partial charge in [-0.05, 0) is 36.8 Å². The second-order valence-corrected chi connectivity index (χ2v) is 5.69. The van der Waals surface area contributed by atoms with Gasteiger partial charge in [-0.25, -0.2) is 9.18 Å². The minimum atomic E-state index is -0.588. The van der Waals surface area contributed by atoms with Gasteiger partial charge in [0.1, 0.15) is 24.7 Å². The molecule has 0 saturated carbocycles. The Morgan fingerprint density at radius 3 is 2.54 bits per heavy atom. The van der Waals surface area contributed by atoms with Crippen molar-refractivity contribution in [2.24, 2.45) is 0 Å². The number of aromatic nitrogens is 1. The highest BCUT2D eigenvalue weighted by atomic mass is 19.1. The predicted octanol–water partition coefficient (Wildman–Crippen LogP) is 3.70. The maximum absolute atomic E-state index is 13.5. The Kier molecular flexibility index (Phi) is 5.31. The number of esters is 2. The summed E-state index contributed by atoms with van der Waals surface area (Å²) in [5.74, 6) is -1.49. The fraction of sp³-hybridized carbons (Fsp3) is 0.200. The standard InChI is InChI=1S/C20H18FNO4/c1-2-25-19(23)12-22-17-9-8-16(21)10-15(17)11-18(22)20(24)26-13-14-6-4-3-5-7-14/h3-11H,2,12-13H2,1H3. The highest BCUT2D eigenvalue weighted by molar-refractivity contribution is 5.96. The molecule has 134 valence electrons. The van der Waals surface area contributed by atoms with E-state index in [1.807, 2.05) is 30.3 Å². The summed E-state index contributed by atoms with van der Waals surface area (Å²) in [6.07, 6.45) is 0. The van der Waals surface area contributed by atoms with Gasteiger partial charge in [-0.2, -0.15) is 0 Å². The molecule has 0 fully saturated rings. The van der Waals surface area contributed by atoms with Gasteiger partial charge in [0.2, 0.25) is 0 Å². The number of nitrogens with zero attached hydrogens (tertiary/aromatic N) is 1. The van der Waals surface area contributed by atoms with Crippen molar-refractivity contribution in [3.8, 4) is 0 Å². The van der Waals surface area contributed by atoms with Crippen molar-refractivity contribution >= 4 is 22.8 Å². The molecule has 1 aromatic heterocycles. The van der Waals surface area contributed by atoms with Crippen molar-refractivity contribution in [2.75, 3.05) is 6.61 Å². The molecule has 0 aliphatic carbocycles. The molecule has 3 rings (SSSR count). The van der Waals surface area contributed by atoms with E-state index >= 15 is 0 Å². The highest BCUT2D eigenvalue weighted by Crippen LogP contribution is 2.22. The third-order valence-electron chi connectivity index (χ3n) is 3.88. The number of benzene rings is 2. The van der Waals surface area contributed by atoms with Crippen LogP contribution in [0.15, 0.2) is 54.6 Å². The average molecular weight is 355 g/mol. The molecule has 0 radical (unpaired) electrons. The lowest BCUT2D eigenvalue weighted by Crippen LogP contribution is -2.18. The van der Waals surface area contributed by atoms with E-state index in [-0.39, 0.29) is 25.5 Å². The maximum Gasteiger partial charge on any atom is 0.355 e. The summed E-state index contributed by atoms with van der Waals surface area (Å²) in [6.45, 7) is 1.89. The van der Waals surface area contributed by atoms with Crippen molar-refractivity contribution in [2.45, 2.75) is 20.1 Å². The van der Waals surface area contributed by atoms with Crippen molar-refractivity contribution in [3.63, 3.8) is 0 Å². The summed E-state index contributed by atoms with van der Waals surface area (Å²) in [5.41, 5.74) is 1.58. The van der Waals surface area contributed by atoms with Gasteiger partial charge in [-0.3, -0.25) is 4.79 Å². The Labute approximate surface area is 149 Å². The Hall–Kier alpha value is -3.15. The minimum Gasteiger partial charge on any atom is -0.465 e. The van der Waals surface area contributed by atoms with E-state index in [0.717, 1.165) is 5.56 Å². The van der Waals surface area contributed by atoms with Crippen molar-refractivity contribution < 1.29 is 23.5 Å². The van der Waals surface area contributed by atoms with Gasteiger partial charge in [0, 0.05) is 10.9 Å². The highest BCUT2D eigenvalue weighted by Gasteiger charge is 2.19. The largest absolute Gasteiger partial charge is 0.465 e. The second kappa shape index (κ2) is 7.82. The molecule has 2 aromatic carbocycles.